The number of aromatic nitrogens is 2. The van der Waals surface area contributed by atoms with Gasteiger partial charge in [0.1, 0.15) is 16.5 Å². The molecule has 3 aromatic rings. The number of nitro groups is 1. The lowest BCUT2D eigenvalue weighted by Gasteiger charge is -2.10. The van der Waals surface area contributed by atoms with Gasteiger partial charge in [-0.05, 0) is 46.3 Å². The number of anilines is 2. The molecule has 32 heavy (non-hydrogen) atoms. The first-order valence-corrected chi connectivity index (χ1v) is 9.91. The highest BCUT2D eigenvalue weighted by Gasteiger charge is 2.38. The van der Waals surface area contributed by atoms with Crippen LogP contribution in [0.4, 0.5) is 17.3 Å². The van der Waals surface area contributed by atoms with E-state index in [2.05, 4.69) is 20.3 Å². The third-order valence-electron chi connectivity index (χ3n) is 4.13. The van der Waals surface area contributed by atoms with E-state index in [1.165, 1.54) is 25.1 Å². The van der Waals surface area contributed by atoms with Crippen molar-refractivity contribution in [3.05, 3.63) is 56.1 Å². The summed E-state index contributed by atoms with van der Waals surface area (Å²) in [6.07, 6.45) is 1.42. The summed E-state index contributed by atoms with van der Waals surface area (Å²) in [6, 6.07) is 7.40. The number of nitro benzene ring substituents is 1. The highest BCUT2D eigenvalue weighted by atomic mass is 35.5. The number of nitrogens with one attached hydrogen (secondary N) is 2. The molecule has 162 valence electrons. The molecule has 2 amide bonds. The number of nitrogens with zero attached hydrogens (tertiary/aromatic N) is 4. The molecule has 1 fully saturated rings. The molecule has 0 bridgehead atoms. The second kappa shape index (κ2) is 8.28. The van der Waals surface area contributed by atoms with Crippen LogP contribution in [0.1, 0.15) is 12.7 Å². The van der Waals surface area contributed by atoms with Crippen molar-refractivity contribution in [2.45, 2.75) is 6.92 Å². The number of amides is 2. The van der Waals surface area contributed by atoms with Crippen molar-refractivity contribution in [1.82, 2.24) is 10.3 Å². The number of hydrogen-bond acceptors (Lipinski definition) is 10. The van der Waals surface area contributed by atoms with Gasteiger partial charge in [0.25, 0.3) is 11.6 Å². The largest absolute Gasteiger partial charge is 0.457 e. The third-order valence-corrected chi connectivity index (χ3v) is 5.34. The van der Waals surface area contributed by atoms with E-state index in [0.717, 1.165) is 16.7 Å². The average Bonchev–Trinajstić information content (AvgIpc) is 3.43. The van der Waals surface area contributed by atoms with Gasteiger partial charge in [-0.2, -0.15) is 0 Å². The standard InChI is InChI=1S/C18H11ClN6O6S/c1-8(26)21-15-16(23-31-22-15)24-17(27)14(32-18(24)20)7-10-3-5-13(30-10)9-2-4-11(19)12(6-9)25(28)29/h2-7,20H,1H3,(H,21,22,26)/b14-7-,20-18?. The Balaban J connectivity index is 1.61. The molecule has 1 aliphatic rings. The minimum atomic E-state index is -0.598. The summed E-state index contributed by atoms with van der Waals surface area (Å²) in [5, 5.41) is 28.5. The fourth-order valence-corrected chi connectivity index (χ4v) is 3.79. The Morgan fingerprint density at radius 3 is 2.84 bits per heavy atom. The number of amidine groups is 1. The summed E-state index contributed by atoms with van der Waals surface area (Å²) < 4.78 is 10.3. The van der Waals surface area contributed by atoms with Gasteiger partial charge in [0, 0.05) is 24.6 Å². The number of hydrogen-bond donors (Lipinski definition) is 2. The second-order valence-electron chi connectivity index (χ2n) is 6.30. The molecule has 3 heterocycles. The maximum atomic E-state index is 12.8. The molecule has 14 heteroatoms. The van der Waals surface area contributed by atoms with Crippen LogP contribution in [0.15, 0.2) is 44.3 Å². The lowest BCUT2D eigenvalue weighted by atomic mass is 10.1. The predicted octanol–water partition coefficient (Wildman–Crippen LogP) is 3.91. The molecule has 0 atom stereocenters. The first kappa shape index (κ1) is 21.3. The summed E-state index contributed by atoms with van der Waals surface area (Å²) in [4.78, 5) is 35.7. The Hall–Kier alpha value is -3.97. The molecule has 0 aliphatic carbocycles. The second-order valence-corrected chi connectivity index (χ2v) is 7.74. The molecule has 0 radical (unpaired) electrons. The Kier molecular flexibility index (Phi) is 5.50. The number of carbonyl (C=O) groups excluding carboxylic acids is 2. The van der Waals surface area contributed by atoms with Crippen LogP contribution in [0.5, 0.6) is 0 Å². The average molecular weight is 475 g/mol. The van der Waals surface area contributed by atoms with Crippen molar-refractivity contribution in [2.24, 2.45) is 0 Å². The smallest absolute Gasteiger partial charge is 0.288 e. The van der Waals surface area contributed by atoms with Gasteiger partial charge in [-0.25, -0.2) is 9.53 Å². The van der Waals surface area contributed by atoms with Crippen molar-refractivity contribution in [1.29, 1.82) is 5.41 Å². The Morgan fingerprint density at radius 2 is 2.12 bits per heavy atom. The molecule has 0 unspecified atom stereocenters. The Morgan fingerprint density at radius 1 is 1.34 bits per heavy atom. The molecule has 1 aromatic carbocycles. The van der Waals surface area contributed by atoms with Gasteiger partial charge in [0.2, 0.25) is 17.5 Å². The monoisotopic (exact) mass is 474 g/mol. The van der Waals surface area contributed by atoms with E-state index in [0.29, 0.717) is 11.3 Å². The maximum absolute atomic E-state index is 12.8. The van der Waals surface area contributed by atoms with Crippen LogP contribution in [0, 0.1) is 15.5 Å². The number of benzene rings is 1. The van der Waals surface area contributed by atoms with Crippen LogP contribution in [0.2, 0.25) is 5.02 Å². The molecule has 0 spiro atoms. The van der Waals surface area contributed by atoms with Crippen molar-refractivity contribution >= 4 is 63.7 Å². The molecule has 1 aliphatic heterocycles. The summed E-state index contributed by atoms with van der Waals surface area (Å²) in [5.74, 6) is -0.658. The SMILES string of the molecule is CC(=O)Nc1nonc1N1C(=N)S/C(=C\c2ccc(-c3ccc(Cl)c([N+](=O)[O-])c3)o2)C1=O. The van der Waals surface area contributed by atoms with Crippen molar-refractivity contribution in [2.75, 3.05) is 10.2 Å². The van der Waals surface area contributed by atoms with Gasteiger partial charge in [-0.3, -0.25) is 25.1 Å². The summed E-state index contributed by atoms with van der Waals surface area (Å²) >= 11 is 6.68. The molecule has 2 aromatic heterocycles. The van der Waals surface area contributed by atoms with Crippen LogP contribution in [-0.2, 0) is 9.59 Å². The van der Waals surface area contributed by atoms with E-state index in [9.17, 15) is 19.7 Å². The zero-order valence-electron chi connectivity index (χ0n) is 16.0. The van der Waals surface area contributed by atoms with Crippen molar-refractivity contribution in [3.8, 4) is 11.3 Å². The molecule has 12 nitrogen and oxygen atoms in total. The minimum Gasteiger partial charge on any atom is -0.457 e. The van der Waals surface area contributed by atoms with Crippen molar-refractivity contribution < 1.29 is 23.6 Å². The van der Waals surface area contributed by atoms with Crippen LogP contribution in [0.3, 0.4) is 0 Å². The van der Waals surface area contributed by atoms with Gasteiger partial charge < -0.3 is 9.73 Å². The molecule has 2 N–H and O–H groups in total. The lowest BCUT2D eigenvalue weighted by Crippen LogP contribution is -2.29. The number of carbonyl (C=O) groups is 2. The van der Waals surface area contributed by atoms with E-state index in [1.54, 1.807) is 18.2 Å². The van der Waals surface area contributed by atoms with Gasteiger partial charge in [0.05, 0.1) is 9.83 Å². The van der Waals surface area contributed by atoms with Gasteiger partial charge in [-0.15, -0.1) is 0 Å². The fraction of sp³-hybridized carbons (Fsp3) is 0.0556. The zero-order valence-corrected chi connectivity index (χ0v) is 17.6. The number of thioether (sulfide) groups is 1. The maximum Gasteiger partial charge on any atom is 0.288 e. The van der Waals surface area contributed by atoms with Crippen LogP contribution >= 0.6 is 23.4 Å². The van der Waals surface area contributed by atoms with Gasteiger partial charge in [-0.1, -0.05) is 11.6 Å². The van der Waals surface area contributed by atoms with Crippen LogP contribution in [-0.4, -0.2) is 32.2 Å². The summed E-state index contributed by atoms with van der Waals surface area (Å²) in [5.41, 5.74) is 0.168. The molecule has 0 saturated carbocycles. The Bertz CT molecular complexity index is 1310. The molecular formula is C18H11ClN6O6S. The van der Waals surface area contributed by atoms with Crippen LogP contribution in [0.25, 0.3) is 17.4 Å². The lowest BCUT2D eigenvalue weighted by molar-refractivity contribution is -0.384. The zero-order chi connectivity index (χ0) is 23.0. The van der Waals surface area contributed by atoms with E-state index < -0.39 is 16.7 Å². The number of furan rings is 1. The normalized spacial score (nSPS) is 14.9. The fourth-order valence-electron chi connectivity index (χ4n) is 2.78. The predicted molar refractivity (Wildman–Crippen MR) is 115 cm³/mol. The third kappa shape index (κ3) is 3.98. The molecular weight excluding hydrogens is 464 g/mol. The summed E-state index contributed by atoms with van der Waals surface area (Å²) in [7, 11) is 0. The number of rotatable bonds is 5. The van der Waals surface area contributed by atoms with E-state index >= 15 is 0 Å². The minimum absolute atomic E-state index is 0.000168. The molecule has 1 saturated heterocycles. The van der Waals surface area contributed by atoms with Gasteiger partial charge >= 0.3 is 0 Å². The first-order chi connectivity index (χ1) is 15.2. The Labute approximate surface area is 187 Å². The van der Waals surface area contributed by atoms with E-state index in [-0.39, 0.29) is 38.2 Å². The first-order valence-electron chi connectivity index (χ1n) is 8.71. The van der Waals surface area contributed by atoms with Gasteiger partial charge in [0.15, 0.2) is 5.17 Å². The molecule has 4 rings (SSSR count). The summed E-state index contributed by atoms with van der Waals surface area (Å²) in [6.45, 7) is 1.25. The van der Waals surface area contributed by atoms with Crippen LogP contribution < -0.4 is 10.2 Å². The van der Waals surface area contributed by atoms with Crippen molar-refractivity contribution in [3.63, 3.8) is 0 Å². The highest BCUT2D eigenvalue weighted by Crippen LogP contribution is 2.38. The topological polar surface area (TPSA) is 168 Å². The number of halogens is 1. The highest BCUT2D eigenvalue weighted by molar-refractivity contribution is 8.19. The quantitative estimate of drug-likeness (QED) is 0.316. The van der Waals surface area contributed by atoms with E-state index in [1.807, 2.05) is 0 Å². The van der Waals surface area contributed by atoms with E-state index in [4.69, 9.17) is 21.4 Å².